The van der Waals surface area contributed by atoms with E-state index in [1.54, 1.807) is 18.4 Å². The summed E-state index contributed by atoms with van der Waals surface area (Å²) in [6.07, 6.45) is 1.56. The van der Waals surface area contributed by atoms with Crippen molar-refractivity contribution < 1.29 is 13.6 Å². The van der Waals surface area contributed by atoms with Crippen LogP contribution in [0.1, 0.15) is 10.6 Å². The molecule has 8 nitrogen and oxygen atoms in total. The smallest absolute Gasteiger partial charge is 0.307 e. The Labute approximate surface area is 171 Å². The van der Waals surface area contributed by atoms with Crippen molar-refractivity contribution in [3.05, 3.63) is 60.6 Å². The number of fused-ring (bicyclic) bond motifs is 1. The summed E-state index contributed by atoms with van der Waals surface area (Å²) in [5.41, 5.74) is 16.9. The summed E-state index contributed by atoms with van der Waals surface area (Å²) in [5.74, 6) is -0.106. The second-order valence-electron chi connectivity index (χ2n) is 6.26. The van der Waals surface area contributed by atoms with Crippen LogP contribution in [0.2, 0.25) is 0 Å². The maximum Gasteiger partial charge on any atom is 0.307 e. The highest BCUT2D eigenvalue weighted by Crippen LogP contribution is 2.38. The van der Waals surface area contributed by atoms with E-state index in [0.717, 1.165) is 5.56 Å². The zero-order valence-electron chi connectivity index (χ0n) is 15.4. The molecule has 146 valence electrons. The predicted octanol–water partition coefficient (Wildman–Crippen LogP) is 3.16. The summed E-state index contributed by atoms with van der Waals surface area (Å²) in [5, 5.41) is 1.68. The number of nitrogen functional groups attached to an aromatic ring is 1. The Hall–Kier alpha value is -3.85. The van der Waals surface area contributed by atoms with Crippen molar-refractivity contribution in [2.45, 2.75) is 0 Å². The molecular weight excluding hydrogens is 390 g/mol. The van der Waals surface area contributed by atoms with Gasteiger partial charge in [-0.15, -0.1) is 0 Å². The molecule has 0 unspecified atom stereocenters. The average molecular weight is 407 g/mol. The first kappa shape index (κ1) is 18.5. The molecule has 0 bridgehead atoms. The van der Waals surface area contributed by atoms with E-state index in [1.807, 2.05) is 36.4 Å². The maximum absolute atomic E-state index is 12.6. The number of aromatic nitrogens is 1. The molecule has 0 radical (unpaired) electrons. The number of carbonyl (C=O) groups is 1. The number of hydrazine groups is 1. The van der Waals surface area contributed by atoms with Gasteiger partial charge in [0.25, 0.3) is 0 Å². The number of benzene rings is 1. The molecule has 3 heterocycles. The Morgan fingerprint density at radius 3 is 2.62 bits per heavy atom. The molecule has 4 rings (SSSR count). The summed E-state index contributed by atoms with van der Waals surface area (Å²) in [7, 11) is 1.51. The lowest BCUT2D eigenvalue weighted by molar-refractivity contribution is 0.0862. The number of hydrogen-bond donors (Lipinski definition) is 3. The van der Waals surface area contributed by atoms with Crippen LogP contribution in [0.5, 0.6) is 0 Å². The Kier molecular flexibility index (Phi) is 4.65. The van der Waals surface area contributed by atoms with Gasteiger partial charge in [-0.2, -0.15) is 0 Å². The van der Waals surface area contributed by atoms with Gasteiger partial charge in [0.2, 0.25) is 11.5 Å². The predicted molar refractivity (Wildman–Crippen MR) is 114 cm³/mol. The number of thiocarbonyl (C=S) groups is 1. The molecule has 4 aromatic rings. The Bertz CT molecular complexity index is 1200. The van der Waals surface area contributed by atoms with Gasteiger partial charge in [-0.1, -0.05) is 30.3 Å². The van der Waals surface area contributed by atoms with Gasteiger partial charge in [-0.25, -0.2) is 4.98 Å². The molecular formula is C20H17N5O3S. The zero-order valence-corrected chi connectivity index (χ0v) is 16.2. The molecule has 1 aromatic carbocycles. The number of carbonyl (C=O) groups excluding carboxylic acids is 1. The molecule has 29 heavy (non-hydrogen) atoms. The monoisotopic (exact) mass is 407 g/mol. The van der Waals surface area contributed by atoms with E-state index in [2.05, 4.69) is 10.4 Å². The first-order chi connectivity index (χ1) is 14.0. The van der Waals surface area contributed by atoms with Gasteiger partial charge in [0.15, 0.2) is 5.11 Å². The molecule has 5 N–H and O–H groups in total. The van der Waals surface area contributed by atoms with Crippen LogP contribution in [0.4, 0.5) is 5.69 Å². The van der Waals surface area contributed by atoms with Gasteiger partial charge in [0.1, 0.15) is 5.76 Å². The standard InChI is InChI=1S/C20H17N5O3S/c1-25(20(22)29)24-18(26)17-16(21)15-12(14-8-5-9-27-14)10-13(23-19(15)28-17)11-6-3-2-4-7-11/h2-10H,21H2,1H3,(H2,22,29)(H,24,26). The van der Waals surface area contributed by atoms with Crippen molar-refractivity contribution in [1.82, 2.24) is 15.4 Å². The Morgan fingerprint density at radius 1 is 1.21 bits per heavy atom. The highest BCUT2D eigenvalue weighted by Gasteiger charge is 2.25. The van der Waals surface area contributed by atoms with Gasteiger partial charge < -0.3 is 20.3 Å². The van der Waals surface area contributed by atoms with E-state index < -0.39 is 5.91 Å². The van der Waals surface area contributed by atoms with Crippen LogP contribution >= 0.6 is 12.2 Å². The summed E-state index contributed by atoms with van der Waals surface area (Å²) in [6.45, 7) is 0. The maximum atomic E-state index is 12.6. The van der Waals surface area contributed by atoms with E-state index in [-0.39, 0.29) is 22.3 Å². The van der Waals surface area contributed by atoms with E-state index in [4.69, 9.17) is 32.5 Å². The average Bonchev–Trinajstić information content (AvgIpc) is 3.36. The molecule has 1 amide bonds. The number of amides is 1. The molecule has 9 heteroatoms. The molecule has 0 saturated heterocycles. The minimum absolute atomic E-state index is 0.00574. The van der Waals surface area contributed by atoms with Crippen LogP contribution in [0.25, 0.3) is 33.7 Å². The lowest BCUT2D eigenvalue weighted by Gasteiger charge is -2.16. The molecule has 0 aliphatic rings. The molecule has 0 spiro atoms. The first-order valence-corrected chi connectivity index (χ1v) is 9.03. The quantitative estimate of drug-likeness (QED) is 0.349. The number of hydrogen-bond acceptors (Lipinski definition) is 6. The molecule has 0 saturated carbocycles. The zero-order chi connectivity index (χ0) is 20.5. The van der Waals surface area contributed by atoms with Gasteiger partial charge in [-0.05, 0) is 30.4 Å². The number of nitrogens with one attached hydrogen (secondary N) is 1. The third kappa shape index (κ3) is 3.39. The number of rotatable bonds is 3. The van der Waals surface area contributed by atoms with Gasteiger partial charge >= 0.3 is 5.91 Å². The van der Waals surface area contributed by atoms with Crippen LogP contribution in [0, 0.1) is 0 Å². The molecule has 0 fully saturated rings. The topological polar surface area (TPSA) is 124 Å². The Balaban J connectivity index is 1.90. The van der Waals surface area contributed by atoms with Crippen molar-refractivity contribution in [2.75, 3.05) is 12.8 Å². The van der Waals surface area contributed by atoms with Gasteiger partial charge in [0.05, 0.1) is 23.0 Å². The second-order valence-corrected chi connectivity index (χ2v) is 6.68. The highest BCUT2D eigenvalue weighted by atomic mass is 32.1. The van der Waals surface area contributed by atoms with Crippen LogP contribution in [-0.2, 0) is 0 Å². The minimum atomic E-state index is -0.595. The van der Waals surface area contributed by atoms with Crippen molar-refractivity contribution in [3.63, 3.8) is 0 Å². The normalized spacial score (nSPS) is 10.8. The number of furan rings is 2. The fourth-order valence-electron chi connectivity index (χ4n) is 2.93. The highest BCUT2D eigenvalue weighted by molar-refractivity contribution is 7.80. The van der Waals surface area contributed by atoms with Crippen molar-refractivity contribution >= 4 is 40.0 Å². The number of nitrogens with zero attached hydrogens (tertiary/aromatic N) is 2. The number of anilines is 1. The number of nitrogens with two attached hydrogens (primary N) is 2. The Morgan fingerprint density at radius 2 is 1.97 bits per heavy atom. The largest absolute Gasteiger partial charge is 0.464 e. The summed E-state index contributed by atoms with van der Waals surface area (Å²) < 4.78 is 11.3. The van der Waals surface area contributed by atoms with E-state index in [9.17, 15) is 4.79 Å². The summed E-state index contributed by atoms with van der Waals surface area (Å²) in [4.78, 5) is 17.2. The van der Waals surface area contributed by atoms with E-state index in [1.165, 1.54) is 12.1 Å². The molecule has 0 aliphatic carbocycles. The van der Waals surface area contributed by atoms with E-state index in [0.29, 0.717) is 22.4 Å². The van der Waals surface area contributed by atoms with E-state index >= 15 is 0 Å². The van der Waals surface area contributed by atoms with Crippen LogP contribution < -0.4 is 16.9 Å². The van der Waals surface area contributed by atoms with Crippen LogP contribution in [-0.4, -0.2) is 28.1 Å². The summed E-state index contributed by atoms with van der Waals surface area (Å²) >= 11 is 4.83. The first-order valence-electron chi connectivity index (χ1n) is 8.62. The second kappa shape index (κ2) is 7.28. The third-order valence-electron chi connectivity index (χ3n) is 4.36. The van der Waals surface area contributed by atoms with Crippen LogP contribution in [0.15, 0.2) is 63.6 Å². The van der Waals surface area contributed by atoms with Crippen LogP contribution in [0.3, 0.4) is 0 Å². The SMILES string of the molecule is CN(NC(=O)c1oc2nc(-c3ccccc3)cc(-c3ccco3)c2c1N)C(N)=S. The summed E-state index contributed by atoms with van der Waals surface area (Å²) in [6, 6.07) is 15.0. The van der Waals surface area contributed by atoms with Gasteiger partial charge in [-0.3, -0.25) is 15.2 Å². The third-order valence-corrected chi connectivity index (χ3v) is 4.64. The molecule has 3 aromatic heterocycles. The lowest BCUT2D eigenvalue weighted by atomic mass is 10.0. The van der Waals surface area contributed by atoms with Crippen molar-refractivity contribution in [2.24, 2.45) is 5.73 Å². The fraction of sp³-hybridized carbons (Fsp3) is 0.0500. The van der Waals surface area contributed by atoms with Crippen molar-refractivity contribution in [3.8, 4) is 22.6 Å². The van der Waals surface area contributed by atoms with Gasteiger partial charge in [0, 0.05) is 18.2 Å². The van der Waals surface area contributed by atoms with Crippen molar-refractivity contribution in [1.29, 1.82) is 0 Å². The fourth-order valence-corrected chi connectivity index (χ4v) is 2.98. The lowest BCUT2D eigenvalue weighted by Crippen LogP contribution is -2.45. The minimum Gasteiger partial charge on any atom is -0.464 e. The number of pyridine rings is 1. The molecule has 0 aliphatic heterocycles. The molecule has 0 atom stereocenters.